The van der Waals surface area contributed by atoms with E-state index in [1.807, 2.05) is 139 Å². The van der Waals surface area contributed by atoms with Crippen molar-refractivity contribution < 1.29 is 63.1 Å². The smallest absolute Gasteiger partial charge is 0.350 e. The molecular weight excluding hydrogens is 1900 g/mol. The summed E-state index contributed by atoms with van der Waals surface area (Å²) in [5.74, 6) is 7.61. The summed E-state index contributed by atoms with van der Waals surface area (Å²) in [6.07, 6.45) is 4.06. The number of nitrogens with one attached hydrogen (secondary N) is 6. The maximum absolute atomic E-state index is 15.0. The number of carbonyl (C=O) groups excluding carboxylic acids is 4. The van der Waals surface area contributed by atoms with Crippen molar-refractivity contribution in [3.05, 3.63) is 190 Å². The Bertz CT molecular complexity index is 6460. The molecule has 12 aliphatic rings. The van der Waals surface area contributed by atoms with E-state index in [1.165, 1.54) is 58.2 Å². The zero-order chi connectivity index (χ0) is 98.5. The predicted octanol–water partition coefficient (Wildman–Crippen LogP) is 20.9. The molecule has 0 amide bonds. The summed E-state index contributed by atoms with van der Waals surface area (Å²) in [7, 11) is 0. The molecule has 26 nitrogen and oxygen atoms in total. The highest BCUT2D eigenvalue weighted by atomic mass is 32.2. The molecule has 0 radical (unpaired) electrons. The molecule has 4 saturated heterocycles. The molecule has 6 aromatic heterocycles. The molecule has 6 saturated carbocycles. The summed E-state index contributed by atoms with van der Waals surface area (Å²) in [4.78, 5) is 105. The number of aliphatic imine (C=N–C) groups is 2. The summed E-state index contributed by atoms with van der Waals surface area (Å²) in [6.45, 7) is 13.8. The summed E-state index contributed by atoms with van der Waals surface area (Å²) in [5.41, 5.74) is 0.578. The van der Waals surface area contributed by atoms with Crippen molar-refractivity contribution in [1.29, 1.82) is 0 Å². The van der Waals surface area contributed by atoms with Gasteiger partial charge in [0, 0.05) is 105 Å². The monoisotopic (exact) mass is 2010 g/mol. The Balaban J connectivity index is 0.000000120. The van der Waals surface area contributed by atoms with Gasteiger partial charge < -0.3 is 40.9 Å². The number of Topliss-reactive ketones (excluding diaryl/α,β-unsaturated/α-hetero) is 4. The molecule has 6 aliphatic carbocycles. The fourth-order valence-corrected chi connectivity index (χ4v) is 20.9. The highest BCUT2D eigenvalue weighted by molar-refractivity contribution is 8.00. The van der Waals surface area contributed by atoms with E-state index in [4.69, 9.17) is 15.0 Å². The average molecular weight is 2010 g/mol. The number of anilines is 10. The van der Waals surface area contributed by atoms with Crippen molar-refractivity contribution in [2.45, 2.75) is 225 Å². The van der Waals surface area contributed by atoms with Crippen LogP contribution in [0.3, 0.4) is 0 Å². The quantitative estimate of drug-likeness (QED) is 0.0161. The second-order valence-electron chi connectivity index (χ2n) is 39.2. The van der Waals surface area contributed by atoms with Gasteiger partial charge in [0.1, 0.15) is 110 Å². The highest BCUT2D eigenvalue weighted by Crippen LogP contribution is 2.59. The number of hydrogen-bond donors (Lipinski definition) is 6. The number of aromatic amines is 2. The summed E-state index contributed by atoms with van der Waals surface area (Å²) >= 11 is 5.46. The van der Waals surface area contributed by atoms with Gasteiger partial charge in [0.25, 0.3) is 0 Å². The van der Waals surface area contributed by atoms with Gasteiger partial charge >= 0.3 is 12.4 Å². The highest BCUT2D eigenvalue weighted by Gasteiger charge is 2.68. The Hall–Kier alpha value is -11.8. The van der Waals surface area contributed by atoms with Gasteiger partial charge in [-0.2, -0.15) is 36.5 Å². The number of carbonyl (C=O) groups is 4. The number of nitrogens with zero attached hydrogens (tertiary/aromatic N) is 16. The average Bonchev–Trinajstić information content (AvgIpc) is 1.65. The Morgan fingerprint density at radius 1 is 0.390 bits per heavy atom. The van der Waals surface area contributed by atoms with E-state index in [0.29, 0.717) is 169 Å². The molecule has 40 heteroatoms. The molecule has 10 aromatic rings. The zero-order valence-corrected chi connectivity index (χ0v) is 81.5. The molecule has 0 spiro atoms. The number of aryl methyl sites for hydroxylation is 2. The summed E-state index contributed by atoms with van der Waals surface area (Å²) in [6, 6.07) is 40.4. The topological polar surface area (TPSA) is 315 Å². The van der Waals surface area contributed by atoms with Gasteiger partial charge in [-0.05, 0) is 270 Å². The van der Waals surface area contributed by atoms with Crippen LogP contribution in [-0.4, -0.2) is 196 Å². The number of amidine groups is 2. The Morgan fingerprint density at radius 2 is 0.695 bits per heavy atom. The lowest BCUT2D eigenvalue weighted by molar-refractivity contribution is -0.190. The Kier molecular flexibility index (Phi) is 27.9. The molecule has 4 aromatic carbocycles. The van der Waals surface area contributed by atoms with E-state index in [0.717, 1.165) is 130 Å². The van der Waals surface area contributed by atoms with Crippen LogP contribution in [0.1, 0.15) is 144 Å². The van der Waals surface area contributed by atoms with E-state index in [9.17, 15) is 63.1 Å². The summed E-state index contributed by atoms with van der Waals surface area (Å²) < 4.78 is 137. The molecule has 6 aliphatic heterocycles. The van der Waals surface area contributed by atoms with Gasteiger partial charge in [0.2, 0.25) is 0 Å². The summed E-state index contributed by atoms with van der Waals surface area (Å²) in [5, 5.41) is 29.0. The molecule has 12 heterocycles. The van der Waals surface area contributed by atoms with Gasteiger partial charge in [-0.1, -0.05) is 55.5 Å². The Labute approximate surface area is 825 Å². The van der Waals surface area contributed by atoms with Crippen LogP contribution in [-0.2, 0) is 44.9 Å². The fourth-order valence-electron chi connectivity index (χ4n) is 17.8. The fraction of sp³-hybridized carbons (Fsp3) is 0.446. The minimum absolute atomic E-state index is 0.133. The van der Waals surface area contributed by atoms with Gasteiger partial charge in [0.15, 0.2) is 38.0 Å². The van der Waals surface area contributed by atoms with Crippen molar-refractivity contribution >= 4 is 140 Å². The van der Waals surface area contributed by atoms with E-state index >= 15 is 0 Å². The van der Waals surface area contributed by atoms with Crippen LogP contribution in [0.25, 0.3) is 0 Å². The molecule has 738 valence electrons. The van der Waals surface area contributed by atoms with Crippen molar-refractivity contribution in [2.75, 3.05) is 106 Å². The van der Waals surface area contributed by atoms with E-state index in [-0.39, 0.29) is 61.1 Å². The van der Waals surface area contributed by atoms with E-state index < -0.39 is 58.4 Å². The first-order chi connectivity index (χ1) is 67.4. The lowest BCUT2D eigenvalue weighted by Gasteiger charge is -2.45. The van der Waals surface area contributed by atoms with Gasteiger partial charge in [-0.15, -0.1) is 0 Å². The molecule has 10 fully saturated rings. The van der Waals surface area contributed by atoms with Crippen LogP contribution in [0.5, 0.6) is 0 Å². The normalized spacial score (nSPS) is 19.2. The van der Waals surface area contributed by atoms with Crippen molar-refractivity contribution in [3.8, 4) is 0 Å². The van der Waals surface area contributed by atoms with Crippen molar-refractivity contribution in [1.82, 2.24) is 60.3 Å². The van der Waals surface area contributed by atoms with E-state index in [1.54, 1.807) is 60.7 Å². The first-order valence-electron chi connectivity index (χ1n) is 47.6. The molecule has 141 heavy (non-hydrogen) atoms. The van der Waals surface area contributed by atoms with Crippen molar-refractivity contribution in [2.24, 2.45) is 45.0 Å². The third kappa shape index (κ3) is 24.9. The number of H-pyrrole nitrogens is 2. The molecule has 6 N–H and O–H groups in total. The largest absolute Gasteiger partial charge is 0.401 e. The number of rotatable bonds is 34. The minimum Gasteiger partial charge on any atom is -0.350 e. The van der Waals surface area contributed by atoms with E-state index in [2.05, 4.69) is 76.6 Å². The van der Waals surface area contributed by atoms with Crippen LogP contribution in [0, 0.1) is 48.9 Å². The lowest BCUT2D eigenvalue weighted by Crippen LogP contribution is -2.60. The van der Waals surface area contributed by atoms with Crippen LogP contribution in [0.4, 0.5) is 102 Å². The molecular formula is C101H106F10N22O4S4. The van der Waals surface area contributed by atoms with Gasteiger partial charge in [-0.25, -0.2) is 57.4 Å². The first kappa shape index (κ1) is 98.0. The second kappa shape index (κ2) is 40.2. The van der Waals surface area contributed by atoms with Crippen LogP contribution in [0.15, 0.2) is 207 Å². The molecule has 0 unspecified atom stereocenters. The maximum atomic E-state index is 15.0. The molecule has 0 bridgehead atoms. The number of hydrogen-bond acceptors (Lipinski definition) is 28. The van der Waals surface area contributed by atoms with Crippen LogP contribution < -0.4 is 40.9 Å². The number of alkyl halides is 10. The molecule has 22 rings (SSSR count). The zero-order valence-electron chi connectivity index (χ0n) is 78.2. The number of ketones is 4. The van der Waals surface area contributed by atoms with Gasteiger partial charge in [-0.3, -0.25) is 39.4 Å². The minimum atomic E-state index is -4.51. The maximum Gasteiger partial charge on any atom is 0.401 e. The first-order valence-corrected chi connectivity index (χ1v) is 50.9. The number of benzene rings is 4. The third-order valence-electron chi connectivity index (χ3n) is 26.9. The SMILES string of the molecule is CC1=CC(Nc2cc(N3CC(F)(C4CC4)C3)nc(Sc3ccc(CC(=O)C4CC4)cc3)n2)=NC1.CCC(=O)Cc1ccc(Sc2nc(NC3=NCC(C)=C3)cc(N3CC(F)(C4CC4)C3)n2)cc1.Cc1cc(Nc2cc(N3CC(F)(C4CC4)C3)nc(Sc3ccc(CC(=O)C4(C(F)(F)F)CC4)cc3)n2)n[nH]1.Cc1cc(Nc2cc(N3CC(F)(C4CC4)C3)nc(Sc3ccc(CC(=O)CC(F)(F)F)cc3)n2)n[nH]1. The second-order valence-corrected chi connectivity index (χ2v) is 43.3. The van der Waals surface area contributed by atoms with Crippen LogP contribution >= 0.6 is 47.0 Å². The molecule has 0 atom stereocenters. The standard InChI is InChI=1S/C26H26F4N6OS.C26H28FN5OS.C25H28FN5OS.C24H24F4N6OS/c1-15-10-21(35-34-15)31-20-12-22(36-13-25(27,14-36)17-4-5-17)33-23(32-20)38-18-6-2-16(3-7-18)11-19(37)24(8-9-24)26(28,29)30;1-16-10-22(28-13-16)29-23-12-24(32-14-26(27,15-32)19-6-7-19)31-25(30-23)34-20-8-2-17(3-9-20)11-21(33)18-4-5-18;1-3-19(32)11-17-4-8-20(9-5-17)33-24-29-22(28-21-10-16(2)13-27-21)12-23(30-24)31-14-25(26,15-31)18-6-7-18;1-14-8-20(33-32-14)29-19-10-21(34-12-23(25,13-34)16-4-5-16)31-22(30-19)36-18-6-2-15(3-7-18)9-17(35)11-24(26,27)28/h2-3,6-7,10,12,17H,4-5,8-9,11,13-14H2,1H3,(H2,31,32,33,34,35);2-3,8-10,12,18-19H,4-7,11,13-15H2,1H3,(H,28,29,30,31);4-5,8-10,12,18H,3,6-7,11,13-15H2,1-2H3,(H,27,28,29,30);2-3,6-8,10,16H,4-5,9,11-13H2,1H3,(H2,29,30,31,32,33). The Morgan fingerprint density at radius 3 is 0.957 bits per heavy atom. The number of aromatic nitrogens is 12. The van der Waals surface area contributed by atoms with Gasteiger partial charge in [0.05, 0.1) is 65.4 Å². The number of halogens is 10. The third-order valence-corrected chi connectivity index (χ3v) is 30.3. The lowest BCUT2D eigenvalue weighted by atomic mass is 9.91. The predicted molar refractivity (Wildman–Crippen MR) is 524 cm³/mol. The van der Waals surface area contributed by atoms with Crippen LogP contribution in [0.2, 0.25) is 0 Å². The van der Waals surface area contributed by atoms with Crippen molar-refractivity contribution in [3.63, 3.8) is 0 Å².